The second-order valence-corrected chi connectivity index (χ2v) is 15.1. The Morgan fingerprint density at radius 2 is 1.76 bits per heavy atom. The molecule has 1 atom stereocenters. The van der Waals surface area contributed by atoms with Gasteiger partial charge in [-0.3, -0.25) is 14.4 Å². The van der Waals surface area contributed by atoms with Gasteiger partial charge in [-0.25, -0.2) is 27.2 Å². The molecule has 2 N–H and O–H groups in total. The Morgan fingerprint density at radius 3 is 2.41 bits per heavy atom. The van der Waals surface area contributed by atoms with Crippen molar-refractivity contribution < 1.29 is 35.2 Å². The van der Waals surface area contributed by atoms with Gasteiger partial charge in [0.25, 0.3) is 0 Å². The van der Waals surface area contributed by atoms with Crippen molar-refractivity contribution in [3.05, 3.63) is 77.1 Å². The van der Waals surface area contributed by atoms with Gasteiger partial charge < -0.3 is 15.1 Å². The number of hydrogen-bond acceptors (Lipinski definition) is 8. The van der Waals surface area contributed by atoms with Gasteiger partial charge in [-0.05, 0) is 88.6 Å². The van der Waals surface area contributed by atoms with E-state index >= 15 is 4.39 Å². The van der Waals surface area contributed by atoms with Crippen LogP contribution in [-0.4, -0.2) is 86.1 Å². The lowest BCUT2D eigenvalue weighted by atomic mass is 9.77. The number of rotatable bonds is 9. The van der Waals surface area contributed by atoms with Gasteiger partial charge in [0.2, 0.25) is 21.9 Å². The number of amides is 1. The molecule has 0 bridgehead atoms. The number of likely N-dealkylation sites (tertiary alicyclic amines) is 1. The summed E-state index contributed by atoms with van der Waals surface area (Å²) in [6.45, 7) is -1.48. The minimum absolute atomic E-state index is 0.00295. The molecule has 1 amide bonds. The van der Waals surface area contributed by atoms with Gasteiger partial charge >= 0.3 is 6.18 Å². The minimum Gasteiger partial charge on any atom is -0.351 e. The molecule has 1 saturated heterocycles. The topological polar surface area (TPSA) is 111 Å². The zero-order valence-corrected chi connectivity index (χ0v) is 27.9. The molecule has 1 aromatic heterocycles. The van der Waals surface area contributed by atoms with Crippen LogP contribution in [0.25, 0.3) is 0 Å². The highest BCUT2D eigenvalue weighted by molar-refractivity contribution is 7.91. The van der Waals surface area contributed by atoms with Crippen molar-refractivity contribution in [1.82, 2.24) is 19.8 Å². The van der Waals surface area contributed by atoms with Crippen molar-refractivity contribution in [3.8, 4) is 0 Å². The smallest absolute Gasteiger partial charge is 0.351 e. The number of carbonyl (C=O) groups is 1. The van der Waals surface area contributed by atoms with Crippen molar-refractivity contribution in [2.24, 2.45) is 0 Å². The SMILES string of the molecule is CN(C)C1CCC(Nc2ncc3c(n2)C2(CCN(CC(F)(F)F)C2)C(=O)N(c2ccc(NS(=O)(=O)Cc4ccc(F)cc4)c(F)c2)C3)CC1. The number of sulfonamides is 1. The molecule has 264 valence electrons. The Labute approximate surface area is 281 Å². The lowest BCUT2D eigenvalue weighted by molar-refractivity contribution is -0.145. The van der Waals surface area contributed by atoms with Crippen LogP contribution in [-0.2, 0) is 32.5 Å². The normalized spacial score (nSPS) is 23.3. The second-order valence-electron chi connectivity index (χ2n) is 13.4. The predicted octanol–water partition coefficient (Wildman–Crippen LogP) is 5.03. The summed E-state index contributed by atoms with van der Waals surface area (Å²) in [6, 6.07) is 9.01. The number of nitrogens with one attached hydrogen (secondary N) is 2. The van der Waals surface area contributed by atoms with Gasteiger partial charge in [0.05, 0.1) is 30.2 Å². The molecule has 3 heterocycles. The summed E-state index contributed by atoms with van der Waals surface area (Å²) < 4.78 is 96.7. The van der Waals surface area contributed by atoms with Gasteiger partial charge in [-0.1, -0.05) is 12.1 Å². The molecule has 1 unspecified atom stereocenters. The number of hydrogen-bond donors (Lipinski definition) is 2. The van der Waals surface area contributed by atoms with Crippen molar-refractivity contribution >= 4 is 33.3 Å². The van der Waals surface area contributed by atoms with E-state index < -0.39 is 51.5 Å². The third kappa shape index (κ3) is 7.80. The first-order valence-corrected chi connectivity index (χ1v) is 17.7. The van der Waals surface area contributed by atoms with Crippen LogP contribution in [0.15, 0.2) is 48.7 Å². The molecule has 49 heavy (non-hydrogen) atoms. The molecule has 16 heteroatoms. The van der Waals surface area contributed by atoms with Gasteiger partial charge in [0.1, 0.15) is 17.0 Å². The molecule has 1 aliphatic carbocycles. The Hall–Kier alpha value is -3.89. The number of anilines is 3. The van der Waals surface area contributed by atoms with E-state index in [0.717, 1.165) is 43.9 Å². The van der Waals surface area contributed by atoms with E-state index in [-0.39, 0.29) is 43.5 Å². The number of halogens is 5. The number of alkyl halides is 3. The molecule has 1 saturated carbocycles. The Balaban J connectivity index is 1.26. The van der Waals surface area contributed by atoms with E-state index in [1.54, 1.807) is 6.20 Å². The number of benzene rings is 2. The maximum absolute atomic E-state index is 15.4. The highest BCUT2D eigenvalue weighted by Gasteiger charge is 2.54. The first-order chi connectivity index (χ1) is 23.1. The standard InChI is InChI=1S/C33H38F5N7O3S/c1-43(2)25-9-7-24(8-10-25)40-31-39-16-22-17-45(30(46)32(29(22)41-31)13-14-44(19-32)20-33(36,37)38)26-11-12-28(27(35)15-26)42-49(47,48)18-21-3-5-23(34)6-4-21/h3-6,11-12,15-16,24-25,42H,7-10,13-14,17-20H2,1-2H3,(H,39,40,41). The van der Waals surface area contributed by atoms with Crippen molar-refractivity contribution in [3.63, 3.8) is 0 Å². The summed E-state index contributed by atoms with van der Waals surface area (Å²) in [6.07, 6.45) is 0.930. The lowest BCUT2D eigenvalue weighted by Gasteiger charge is -2.40. The maximum atomic E-state index is 15.4. The Morgan fingerprint density at radius 1 is 1.04 bits per heavy atom. The summed E-state index contributed by atoms with van der Waals surface area (Å²) >= 11 is 0. The quantitative estimate of drug-likeness (QED) is 0.298. The second kappa shape index (κ2) is 13.4. The van der Waals surface area contributed by atoms with Crippen LogP contribution in [0.2, 0.25) is 0 Å². The molecule has 2 aromatic carbocycles. The number of aromatic nitrogens is 2. The predicted molar refractivity (Wildman–Crippen MR) is 174 cm³/mol. The van der Waals surface area contributed by atoms with E-state index in [0.29, 0.717) is 28.8 Å². The Kier molecular flexibility index (Phi) is 9.58. The van der Waals surface area contributed by atoms with Gasteiger partial charge in [0, 0.05) is 36.1 Å². The van der Waals surface area contributed by atoms with Crippen LogP contribution in [0.1, 0.15) is 48.9 Å². The Bertz CT molecular complexity index is 1800. The molecule has 2 aliphatic heterocycles. The van der Waals surface area contributed by atoms with E-state index in [1.165, 1.54) is 34.1 Å². The third-order valence-corrected chi connectivity index (χ3v) is 10.9. The summed E-state index contributed by atoms with van der Waals surface area (Å²) in [4.78, 5) is 28.3. The summed E-state index contributed by atoms with van der Waals surface area (Å²) in [5, 5.41) is 3.37. The molecule has 1 spiro atoms. The van der Waals surface area contributed by atoms with E-state index in [4.69, 9.17) is 4.98 Å². The molecular formula is C33H38F5N7O3S. The maximum Gasteiger partial charge on any atom is 0.401 e. The van der Waals surface area contributed by atoms with Crippen LogP contribution < -0.4 is 14.9 Å². The lowest BCUT2D eigenvalue weighted by Crippen LogP contribution is -2.53. The van der Waals surface area contributed by atoms with Crippen LogP contribution >= 0.6 is 0 Å². The van der Waals surface area contributed by atoms with E-state index in [9.17, 15) is 30.8 Å². The fourth-order valence-electron chi connectivity index (χ4n) is 7.14. The molecule has 3 aliphatic rings. The summed E-state index contributed by atoms with van der Waals surface area (Å²) in [5.41, 5.74) is -0.512. The molecule has 2 fully saturated rings. The van der Waals surface area contributed by atoms with Gasteiger partial charge in [-0.15, -0.1) is 0 Å². The monoisotopic (exact) mass is 707 g/mol. The largest absolute Gasteiger partial charge is 0.401 e. The highest BCUT2D eigenvalue weighted by atomic mass is 32.2. The molecule has 10 nitrogen and oxygen atoms in total. The zero-order valence-electron chi connectivity index (χ0n) is 27.1. The average molecular weight is 708 g/mol. The number of fused-ring (bicyclic) bond motifs is 2. The van der Waals surface area contributed by atoms with Crippen LogP contribution in [0.3, 0.4) is 0 Å². The van der Waals surface area contributed by atoms with Crippen molar-refractivity contribution in [2.45, 2.75) is 68.1 Å². The molecule has 0 radical (unpaired) electrons. The fourth-order valence-corrected chi connectivity index (χ4v) is 8.34. The van der Waals surface area contributed by atoms with E-state index in [1.807, 2.05) is 0 Å². The van der Waals surface area contributed by atoms with Gasteiger partial charge in [0.15, 0.2) is 0 Å². The van der Waals surface area contributed by atoms with Crippen molar-refractivity contribution in [1.29, 1.82) is 0 Å². The fraction of sp³-hybridized carbons (Fsp3) is 0.485. The van der Waals surface area contributed by atoms with Crippen LogP contribution in [0.5, 0.6) is 0 Å². The summed E-state index contributed by atoms with van der Waals surface area (Å²) in [5.74, 6) is -2.23. The zero-order chi connectivity index (χ0) is 35.1. The third-order valence-electron chi connectivity index (χ3n) is 9.61. The van der Waals surface area contributed by atoms with Gasteiger partial charge in [-0.2, -0.15) is 13.2 Å². The number of nitrogens with zero attached hydrogens (tertiary/aromatic N) is 5. The van der Waals surface area contributed by atoms with E-state index in [2.05, 4.69) is 34.0 Å². The number of carbonyl (C=O) groups excluding carboxylic acids is 1. The van der Waals surface area contributed by atoms with Crippen LogP contribution in [0, 0.1) is 11.6 Å². The highest BCUT2D eigenvalue weighted by Crippen LogP contribution is 2.44. The summed E-state index contributed by atoms with van der Waals surface area (Å²) in [7, 11) is 0.0169. The minimum atomic E-state index is -4.47. The average Bonchev–Trinajstić information content (AvgIpc) is 3.44. The molecule has 6 rings (SSSR count). The van der Waals surface area contributed by atoms with Crippen molar-refractivity contribution in [2.75, 3.05) is 48.7 Å². The molecular weight excluding hydrogens is 669 g/mol. The first-order valence-electron chi connectivity index (χ1n) is 16.1. The molecule has 3 aromatic rings. The van der Waals surface area contributed by atoms with Crippen LogP contribution in [0.4, 0.5) is 39.3 Å². The first kappa shape index (κ1) is 35.0.